The van der Waals surface area contributed by atoms with Crippen molar-refractivity contribution in [1.82, 2.24) is 0 Å². The summed E-state index contributed by atoms with van der Waals surface area (Å²) < 4.78 is 17.1. The maximum atomic E-state index is 12.2. The van der Waals surface area contributed by atoms with E-state index in [9.17, 15) is 14.6 Å². The Morgan fingerprint density at radius 2 is 1.54 bits per heavy atom. The second-order valence-corrected chi connectivity index (χ2v) is 9.78. The monoisotopic (exact) mass is 385 g/mol. The fraction of sp³-hybridized carbons (Fsp3) is 0.647. The molecule has 4 N–H and O–H groups in total. The van der Waals surface area contributed by atoms with Gasteiger partial charge in [-0.1, -0.05) is 59.7 Å². The number of hydrogen-bond acceptors (Lipinski definition) is 4. The first-order valence-electron chi connectivity index (χ1n) is 7.80. The predicted octanol–water partition coefficient (Wildman–Crippen LogP) is 3.28. The molecule has 5 nitrogen and oxygen atoms in total. The van der Waals surface area contributed by atoms with Gasteiger partial charge in [0.1, 0.15) is 0 Å². The van der Waals surface area contributed by atoms with Crippen molar-refractivity contribution in [3.8, 4) is 0 Å². The summed E-state index contributed by atoms with van der Waals surface area (Å²) in [6.07, 6.45) is 0. The first-order valence-corrected chi connectivity index (χ1v) is 9.45. The Hall–Kier alpha value is 0.550. The molecule has 0 fully saturated rings. The maximum Gasteiger partial charge on any atom is 2.00 e. The molecule has 2 unspecified atom stereocenters. The van der Waals surface area contributed by atoms with E-state index in [4.69, 9.17) is 10.3 Å². The molecule has 0 aliphatic rings. The minimum atomic E-state index is -4.19. The van der Waals surface area contributed by atoms with Gasteiger partial charge in [0.05, 0.1) is 6.61 Å². The third kappa shape index (κ3) is 6.69. The first-order chi connectivity index (χ1) is 10.3. The predicted molar refractivity (Wildman–Crippen MR) is 102 cm³/mol. The van der Waals surface area contributed by atoms with Crippen LogP contribution in [0.5, 0.6) is 0 Å². The van der Waals surface area contributed by atoms with Crippen LogP contribution in [0, 0.1) is 0 Å². The molecule has 1 aromatic rings. The summed E-state index contributed by atoms with van der Waals surface area (Å²) >= 11 is 0. The summed E-state index contributed by atoms with van der Waals surface area (Å²) in [5.41, 5.74) is 7.40. The van der Waals surface area contributed by atoms with E-state index in [1.165, 1.54) is 0 Å². The summed E-state index contributed by atoms with van der Waals surface area (Å²) in [6, 6.07) is 5.63. The average Bonchev–Trinajstić information content (AvgIpc) is 2.42. The topological polar surface area (TPSA) is 92.8 Å². The van der Waals surface area contributed by atoms with Crippen molar-refractivity contribution in [2.75, 3.05) is 13.2 Å². The van der Waals surface area contributed by atoms with Crippen LogP contribution in [-0.4, -0.2) is 60.9 Å². The van der Waals surface area contributed by atoms with E-state index in [1.807, 2.05) is 0 Å². The van der Waals surface area contributed by atoms with Gasteiger partial charge in [0, 0.05) is 6.54 Å². The SMILES string of the molecule is CC(C)(C)c1cc(C(O)P(=O)(O)OCCN)cc(C(C)(C)C)c1.[Ca+2].[H-].[H-]. The van der Waals surface area contributed by atoms with E-state index in [2.05, 4.69) is 47.6 Å². The van der Waals surface area contributed by atoms with Gasteiger partial charge < -0.3 is 23.1 Å². The molecule has 0 heterocycles. The molecule has 0 bridgehead atoms. The standard InChI is InChI=1S/C17H30NO4P.Ca.2H/c1-16(2,3)13-9-12(10-14(11-13)17(4,5)6)15(19)23(20,21)22-8-7-18;;;/h9-11,15,19H,7-8,18H2,1-6H3,(H,20,21);;;/q;+2;2*-1. The van der Waals surface area contributed by atoms with Crippen LogP contribution < -0.4 is 5.73 Å². The van der Waals surface area contributed by atoms with E-state index in [-0.39, 0.29) is 64.6 Å². The summed E-state index contributed by atoms with van der Waals surface area (Å²) in [4.78, 5) is 9.98. The van der Waals surface area contributed by atoms with E-state index in [1.54, 1.807) is 12.1 Å². The number of rotatable bonds is 5. The minimum absolute atomic E-state index is 0. The van der Waals surface area contributed by atoms with Gasteiger partial charge in [0.25, 0.3) is 0 Å². The van der Waals surface area contributed by atoms with Crippen LogP contribution in [0.4, 0.5) is 0 Å². The molecule has 136 valence electrons. The van der Waals surface area contributed by atoms with E-state index >= 15 is 0 Å². The Morgan fingerprint density at radius 1 is 1.12 bits per heavy atom. The van der Waals surface area contributed by atoms with Crippen molar-refractivity contribution in [2.24, 2.45) is 5.73 Å². The van der Waals surface area contributed by atoms with Crippen LogP contribution in [0.25, 0.3) is 0 Å². The van der Waals surface area contributed by atoms with Crippen molar-refractivity contribution in [1.29, 1.82) is 0 Å². The molecule has 0 amide bonds. The second kappa shape index (κ2) is 8.96. The first kappa shape index (κ1) is 24.5. The Balaban J connectivity index is -0.00000176. The van der Waals surface area contributed by atoms with Crippen molar-refractivity contribution < 1.29 is 21.9 Å². The largest absolute Gasteiger partial charge is 2.00 e. The molecule has 0 saturated heterocycles. The molecule has 0 spiro atoms. The van der Waals surface area contributed by atoms with E-state index < -0.39 is 13.4 Å². The molecular formula is C17H32CaNO4P. The Kier molecular flexibility index (Phi) is 9.17. The van der Waals surface area contributed by atoms with E-state index in [0.29, 0.717) is 5.56 Å². The molecular weight excluding hydrogens is 353 g/mol. The number of benzene rings is 1. The third-order valence-corrected chi connectivity index (χ3v) is 5.16. The Morgan fingerprint density at radius 3 is 1.88 bits per heavy atom. The van der Waals surface area contributed by atoms with Crippen LogP contribution in [0.2, 0.25) is 0 Å². The van der Waals surface area contributed by atoms with Gasteiger partial charge in [-0.15, -0.1) is 0 Å². The quantitative estimate of drug-likeness (QED) is 0.534. The maximum absolute atomic E-state index is 12.2. The van der Waals surface area contributed by atoms with Gasteiger partial charge in [-0.05, 0) is 27.5 Å². The molecule has 1 rings (SSSR count). The van der Waals surface area contributed by atoms with Gasteiger partial charge in [-0.3, -0.25) is 4.57 Å². The summed E-state index contributed by atoms with van der Waals surface area (Å²) in [5.74, 6) is -1.59. The number of nitrogens with two attached hydrogens (primary N) is 1. The van der Waals surface area contributed by atoms with Crippen LogP contribution in [0.15, 0.2) is 18.2 Å². The summed E-state index contributed by atoms with van der Waals surface area (Å²) in [5, 5.41) is 10.4. The van der Waals surface area contributed by atoms with Crippen LogP contribution in [0.1, 0.15) is 66.9 Å². The summed E-state index contributed by atoms with van der Waals surface area (Å²) in [7, 11) is -4.19. The van der Waals surface area contributed by atoms with Crippen LogP contribution in [0.3, 0.4) is 0 Å². The Labute approximate surface area is 178 Å². The molecule has 0 radical (unpaired) electrons. The van der Waals surface area contributed by atoms with Gasteiger partial charge in [0.15, 0.2) is 5.85 Å². The molecule has 7 heteroatoms. The number of aliphatic hydroxyl groups is 1. The third-order valence-electron chi connectivity index (χ3n) is 3.69. The molecule has 24 heavy (non-hydrogen) atoms. The van der Waals surface area contributed by atoms with Gasteiger partial charge in [-0.25, -0.2) is 0 Å². The zero-order chi connectivity index (χ0) is 18.1. The van der Waals surface area contributed by atoms with Crippen molar-refractivity contribution in [2.45, 2.75) is 58.2 Å². The number of hydrogen-bond donors (Lipinski definition) is 3. The van der Waals surface area contributed by atoms with Crippen molar-refractivity contribution >= 4 is 45.3 Å². The number of aliphatic hydroxyl groups excluding tert-OH is 1. The van der Waals surface area contributed by atoms with Gasteiger partial charge >= 0.3 is 45.3 Å². The van der Waals surface area contributed by atoms with Gasteiger partial charge in [0.2, 0.25) is 0 Å². The molecule has 0 aliphatic heterocycles. The fourth-order valence-corrected chi connectivity index (χ4v) is 3.14. The molecule has 0 saturated carbocycles. The molecule has 0 aromatic heterocycles. The zero-order valence-corrected chi connectivity index (χ0v) is 18.8. The smallest absolute Gasteiger partial charge is 1.00 e. The second-order valence-electron chi connectivity index (χ2n) is 7.90. The summed E-state index contributed by atoms with van der Waals surface area (Å²) in [6.45, 7) is 12.4. The van der Waals surface area contributed by atoms with Gasteiger partial charge in [-0.2, -0.15) is 0 Å². The zero-order valence-electron chi connectivity index (χ0n) is 17.7. The normalized spacial score (nSPS) is 16.2. The molecule has 0 aliphatic carbocycles. The molecule has 1 aromatic carbocycles. The molecule has 2 atom stereocenters. The van der Waals surface area contributed by atoms with Crippen LogP contribution in [-0.2, 0) is 19.9 Å². The van der Waals surface area contributed by atoms with Crippen molar-refractivity contribution in [3.63, 3.8) is 0 Å². The van der Waals surface area contributed by atoms with E-state index in [0.717, 1.165) is 11.1 Å². The van der Waals surface area contributed by atoms with Crippen LogP contribution >= 0.6 is 7.60 Å². The average molecular weight is 385 g/mol. The van der Waals surface area contributed by atoms with Crippen molar-refractivity contribution in [3.05, 3.63) is 34.9 Å². The fourth-order valence-electron chi connectivity index (χ4n) is 2.11. The minimum Gasteiger partial charge on any atom is -1.00 e. The Bertz CT molecular complexity index is 571.